The third-order valence-corrected chi connectivity index (χ3v) is 2.40. The Morgan fingerprint density at radius 3 is 2.28 bits per heavy atom. The first-order valence-corrected chi connectivity index (χ1v) is 5.46. The molecule has 2 aromatic carbocycles. The molecule has 0 aliphatic heterocycles. The van der Waals surface area contributed by atoms with E-state index in [-0.39, 0.29) is 11.6 Å². The second-order valence-electron chi connectivity index (χ2n) is 3.87. The van der Waals surface area contributed by atoms with E-state index in [1.54, 1.807) is 6.07 Å². The van der Waals surface area contributed by atoms with E-state index in [4.69, 9.17) is 9.84 Å². The Hall–Kier alpha value is -1.94. The minimum atomic E-state index is -0.999. The van der Waals surface area contributed by atoms with Crippen molar-refractivity contribution < 1.29 is 18.6 Å². The average Bonchev–Trinajstić information content (AvgIpc) is 2.30. The van der Waals surface area contributed by atoms with Gasteiger partial charge in [0.15, 0.2) is 6.29 Å². The van der Waals surface area contributed by atoms with Crippen molar-refractivity contribution in [3.05, 3.63) is 54.1 Å². The zero-order valence-corrected chi connectivity index (χ0v) is 9.73. The number of hydrogen-bond donors (Lipinski definition) is 1. The largest absolute Gasteiger partial charge is 0.465 e. The smallest absolute Gasteiger partial charge is 0.194 e. The molecule has 94 valence electrons. The minimum Gasteiger partial charge on any atom is -0.465 e. The molecule has 1 unspecified atom stereocenters. The van der Waals surface area contributed by atoms with Crippen LogP contribution in [-0.4, -0.2) is 11.4 Å². The Kier molecular flexibility index (Phi) is 3.58. The first kappa shape index (κ1) is 12.5. The monoisotopic (exact) mass is 250 g/mol. The number of aliphatic hydroxyl groups is 1. The molecule has 0 bridgehead atoms. The van der Waals surface area contributed by atoms with Crippen LogP contribution in [0.5, 0.6) is 5.75 Å². The van der Waals surface area contributed by atoms with Crippen LogP contribution >= 0.6 is 0 Å². The third kappa shape index (κ3) is 2.84. The van der Waals surface area contributed by atoms with Gasteiger partial charge in [0.1, 0.15) is 17.4 Å². The first-order valence-electron chi connectivity index (χ1n) is 5.46. The number of aliphatic hydroxyl groups excluding tert-OH is 1. The van der Waals surface area contributed by atoms with Crippen molar-refractivity contribution in [2.24, 2.45) is 0 Å². The lowest BCUT2D eigenvalue weighted by Crippen LogP contribution is -2.09. The summed E-state index contributed by atoms with van der Waals surface area (Å²) in [6.45, 7) is 1.44. The van der Waals surface area contributed by atoms with Crippen LogP contribution in [-0.2, 0) is 0 Å². The molecule has 0 radical (unpaired) electrons. The van der Waals surface area contributed by atoms with Crippen molar-refractivity contribution >= 4 is 0 Å². The second-order valence-corrected chi connectivity index (χ2v) is 3.87. The molecule has 2 aromatic rings. The highest BCUT2D eigenvalue weighted by atomic mass is 19.1. The van der Waals surface area contributed by atoms with E-state index >= 15 is 0 Å². The lowest BCUT2D eigenvalue weighted by molar-refractivity contribution is -0.000467. The van der Waals surface area contributed by atoms with Gasteiger partial charge in [-0.3, -0.25) is 0 Å². The molecule has 4 heteroatoms. The van der Waals surface area contributed by atoms with E-state index in [9.17, 15) is 8.78 Å². The summed E-state index contributed by atoms with van der Waals surface area (Å²) in [6.07, 6.45) is -0.999. The fraction of sp³-hybridized carbons (Fsp3) is 0.143. The fourth-order valence-corrected chi connectivity index (χ4v) is 1.63. The van der Waals surface area contributed by atoms with E-state index < -0.39 is 12.1 Å². The van der Waals surface area contributed by atoms with Crippen LogP contribution in [0.25, 0.3) is 11.1 Å². The van der Waals surface area contributed by atoms with Crippen molar-refractivity contribution in [2.45, 2.75) is 13.2 Å². The first-order chi connectivity index (χ1) is 8.56. The van der Waals surface area contributed by atoms with E-state index in [0.29, 0.717) is 11.1 Å². The van der Waals surface area contributed by atoms with E-state index in [2.05, 4.69) is 0 Å². The Balaban J connectivity index is 2.32. The molecule has 2 nitrogen and oxygen atoms in total. The van der Waals surface area contributed by atoms with Gasteiger partial charge >= 0.3 is 0 Å². The van der Waals surface area contributed by atoms with E-state index in [1.165, 1.54) is 43.3 Å². The van der Waals surface area contributed by atoms with Gasteiger partial charge in [0, 0.05) is 11.6 Å². The Labute approximate surface area is 103 Å². The molecule has 0 aliphatic carbocycles. The number of halogens is 2. The molecule has 0 saturated carbocycles. The van der Waals surface area contributed by atoms with Crippen LogP contribution in [0.4, 0.5) is 8.78 Å². The third-order valence-electron chi connectivity index (χ3n) is 2.40. The fourth-order valence-electron chi connectivity index (χ4n) is 1.63. The van der Waals surface area contributed by atoms with Crippen molar-refractivity contribution in [3.8, 4) is 16.9 Å². The number of ether oxygens (including phenoxy) is 1. The SMILES string of the molecule is CC(O)Oc1ccc(-c2ccc(F)cc2)c(F)c1. The lowest BCUT2D eigenvalue weighted by Gasteiger charge is -2.10. The zero-order valence-electron chi connectivity index (χ0n) is 9.73. The van der Waals surface area contributed by atoms with Crippen molar-refractivity contribution in [2.75, 3.05) is 0 Å². The van der Waals surface area contributed by atoms with E-state index in [1.807, 2.05) is 0 Å². The van der Waals surface area contributed by atoms with Gasteiger partial charge in [-0.2, -0.15) is 0 Å². The van der Waals surface area contributed by atoms with Gasteiger partial charge in [-0.15, -0.1) is 0 Å². The summed E-state index contributed by atoms with van der Waals surface area (Å²) < 4.78 is 31.6. The molecule has 18 heavy (non-hydrogen) atoms. The molecule has 0 amide bonds. The maximum atomic E-state index is 13.8. The minimum absolute atomic E-state index is 0.244. The summed E-state index contributed by atoms with van der Waals surface area (Å²) in [5.41, 5.74) is 0.936. The molecule has 0 aliphatic rings. The summed E-state index contributed by atoms with van der Waals surface area (Å²) in [5, 5.41) is 9.03. The van der Waals surface area contributed by atoms with Crippen LogP contribution in [0.15, 0.2) is 42.5 Å². The Morgan fingerprint density at radius 1 is 1.06 bits per heavy atom. The molecule has 0 aromatic heterocycles. The van der Waals surface area contributed by atoms with Crippen LogP contribution in [0, 0.1) is 11.6 Å². The maximum absolute atomic E-state index is 13.8. The summed E-state index contributed by atoms with van der Waals surface area (Å²) in [5.74, 6) is -0.610. The van der Waals surface area contributed by atoms with Gasteiger partial charge in [-0.05, 0) is 36.8 Å². The summed E-state index contributed by atoms with van der Waals surface area (Å²) in [6, 6.07) is 9.82. The van der Waals surface area contributed by atoms with Gasteiger partial charge in [0.2, 0.25) is 0 Å². The zero-order chi connectivity index (χ0) is 13.1. The number of rotatable bonds is 3. The van der Waals surface area contributed by atoms with Gasteiger partial charge in [-0.1, -0.05) is 12.1 Å². The van der Waals surface area contributed by atoms with Crippen LogP contribution in [0.3, 0.4) is 0 Å². The highest BCUT2D eigenvalue weighted by Gasteiger charge is 2.08. The van der Waals surface area contributed by atoms with Gasteiger partial charge in [0.05, 0.1) is 0 Å². The average molecular weight is 250 g/mol. The lowest BCUT2D eigenvalue weighted by atomic mass is 10.1. The van der Waals surface area contributed by atoms with Crippen LogP contribution < -0.4 is 4.74 Å². The molecule has 1 atom stereocenters. The summed E-state index contributed by atoms with van der Waals surface area (Å²) >= 11 is 0. The van der Waals surface area contributed by atoms with Gasteiger partial charge in [0.25, 0.3) is 0 Å². The maximum Gasteiger partial charge on any atom is 0.194 e. The number of hydrogen-bond acceptors (Lipinski definition) is 2. The van der Waals surface area contributed by atoms with Crippen LogP contribution in [0.1, 0.15) is 6.92 Å². The molecule has 0 fully saturated rings. The summed E-state index contributed by atoms with van der Waals surface area (Å²) in [7, 11) is 0. The predicted octanol–water partition coefficient (Wildman–Crippen LogP) is 3.35. The van der Waals surface area contributed by atoms with Crippen molar-refractivity contribution in [1.29, 1.82) is 0 Å². The normalized spacial score (nSPS) is 12.2. The van der Waals surface area contributed by atoms with Gasteiger partial charge in [-0.25, -0.2) is 8.78 Å². The summed E-state index contributed by atoms with van der Waals surface area (Å²) in [4.78, 5) is 0. The quantitative estimate of drug-likeness (QED) is 0.846. The number of benzene rings is 2. The van der Waals surface area contributed by atoms with Crippen molar-refractivity contribution in [3.63, 3.8) is 0 Å². The van der Waals surface area contributed by atoms with Crippen molar-refractivity contribution in [1.82, 2.24) is 0 Å². The Morgan fingerprint density at radius 2 is 1.72 bits per heavy atom. The highest BCUT2D eigenvalue weighted by molar-refractivity contribution is 5.64. The predicted molar refractivity (Wildman–Crippen MR) is 64.1 cm³/mol. The van der Waals surface area contributed by atoms with E-state index in [0.717, 1.165) is 0 Å². The molecular formula is C14H12F2O2. The standard InChI is InChI=1S/C14H12F2O2/c1-9(17)18-12-6-7-13(14(16)8-12)10-2-4-11(15)5-3-10/h2-9,17H,1H3. The molecule has 1 N–H and O–H groups in total. The molecular weight excluding hydrogens is 238 g/mol. The van der Waals surface area contributed by atoms with Crippen LogP contribution in [0.2, 0.25) is 0 Å². The molecule has 0 spiro atoms. The Bertz CT molecular complexity index is 536. The van der Waals surface area contributed by atoms with Gasteiger partial charge < -0.3 is 9.84 Å². The topological polar surface area (TPSA) is 29.5 Å². The second kappa shape index (κ2) is 5.14. The molecule has 2 rings (SSSR count). The highest BCUT2D eigenvalue weighted by Crippen LogP contribution is 2.26. The molecule has 0 saturated heterocycles. The molecule has 0 heterocycles.